The van der Waals surface area contributed by atoms with Crippen LogP contribution in [-0.4, -0.2) is 28.2 Å². The molecular weight excluding hydrogens is 264 g/mol. The molecule has 0 spiro atoms. The lowest BCUT2D eigenvalue weighted by Crippen LogP contribution is -2.37. The van der Waals surface area contributed by atoms with Crippen LogP contribution in [0.3, 0.4) is 0 Å². The van der Waals surface area contributed by atoms with Gasteiger partial charge >= 0.3 is 0 Å². The number of anilines is 1. The number of sulfonamides is 1. The zero-order valence-electron chi connectivity index (χ0n) is 11.6. The van der Waals surface area contributed by atoms with Gasteiger partial charge in [0.2, 0.25) is 10.0 Å². The SMILES string of the molecule is CCCC(COC)NS(=O)(=O)c1cc(C)cc(N)c1. The first kappa shape index (κ1) is 15.9. The van der Waals surface area contributed by atoms with Crippen LogP contribution in [0.1, 0.15) is 25.3 Å². The maximum Gasteiger partial charge on any atom is 0.240 e. The van der Waals surface area contributed by atoms with E-state index in [-0.39, 0.29) is 10.9 Å². The highest BCUT2D eigenvalue weighted by Crippen LogP contribution is 2.17. The molecule has 0 aliphatic carbocycles. The fourth-order valence-corrected chi connectivity index (χ4v) is 3.34. The summed E-state index contributed by atoms with van der Waals surface area (Å²) in [4.78, 5) is 0.196. The molecule has 0 heterocycles. The van der Waals surface area contributed by atoms with E-state index in [9.17, 15) is 8.42 Å². The summed E-state index contributed by atoms with van der Waals surface area (Å²) in [5.74, 6) is 0. The molecule has 0 amide bonds. The summed E-state index contributed by atoms with van der Waals surface area (Å²) >= 11 is 0. The smallest absolute Gasteiger partial charge is 0.240 e. The van der Waals surface area contributed by atoms with Gasteiger partial charge in [-0.1, -0.05) is 13.3 Å². The van der Waals surface area contributed by atoms with Crippen molar-refractivity contribution >= 4 is 15.7 Å². The molecular formula is C13H22N2O3S. The summed E-state index contributed by atoms with van der Waals surface area (Å²) in [5, 5.41) is 0. The second-order valence-electron chi connectivity index (χ2n) is 4.64. The molecule has 0 aliphatic rings. The lowest BCUT2D eigenvalue weighted by Gasteiger charge is -2.17. The fraction of sp³-hybridized carbons (Fsp3) is 0.538. The summed E-state index contributed by atoms with van der Waals surface area (Å²) < 4.78 is 32.2. The van der Waals surface area contributed by atoms with Crippen molar-refractivity contribution in [1.29, 1.82) is 0 Å². The molecule has 1 aromatic carbocycles. The van der Waals surface area contributed by atoms with Crippen molar-refractivity contribution in [1.82, 2.24) is 4.72 Å². The van der Waals surface area contributed by atoms with Gasteiger partial charge in [0.05, 0.1) is 11.5 Å². The van der Waals surface area contributed by atoms with Gasteiger partial charge in [0.15, 0.2) is 0 Å². The summed E-state index contributed by atoms with van der Waals surface area (Å²) in [6, 6.07) is 4.58. The van der Waals surface area contributed by atoms with Gasteiger partial charge in [0.25, 0.3) is 0 Å². The predicted octanol–water partition coefficient (Wildman–Crippen LogP) is 1.67. The highest BCUT2D eigenvalue weighted by atomic mass is 32.2. The molecule has 19 heavy (non-hydrogen) atoms. The number of benzene rings is 1. The lowest BCUT2D eigenvalue weighted by molar-refractivity contribution is 0.171. The van der Waals surface area contributed by atoms with Gasteiger partial charge in [-0.25, -0.2) is 13.1 Å². The molecule has 0 bridgehead atoms. The standard InChI is InChI=1S/C13H22N2O3S/c1-4-5-12(9-18-3)15-19(16,17)13-7-10(2)6-11(14)8-13/h6-8,12,15H,4-5,9,14H2,1-3H3. The van der Waals surface area contributed by atoms with E-state index in [0.717, 1.165) is 18.4 Å². The molecule has 0 radical (unpaired) electrons. The lowest BCUT2D eigenvalue weighted by atomic mass is 10.2. The third kappa shape index (κ3) is 4.81. The number of nitrogens with one attached hydrogen (secondary N) is 1. The molecule has 3 N–H and O–H groups in total. The zero-order chi connectivity index (χ0) is 14.5. The van der Waals surface area contributed by atoms with Gasteiger partial charge in [0.1, 0.15) is 0 Å². The van der Waals surface area contributed by atoms with E-state index in [2.05, 4.69) is 4.72 Å². The fourth-order valence-electron chi connectivity index (χ4n) is 1.95. The molecule has 1 rings (SSSR count). The third-order valence-electron chi connectivity index (χ3n) is 2.71. The summed E-state index contributed by atoms with van der Waals surface area (Å²) in [6.45, 7) is 4.17. The molecule has 0 aromatic heterocycles. The first-order valence-corrected chi connectivity index (χ1v) is 7.75. The summed E-state index contributed by atoms with van der Waals surface area (Å²) in [6.07, 6.45) is 1.61. The number of rotatable bonds is 7. The second kappa shape index (κ2) is 6.88. The van der Waals surface area contributed by atoms with Crippen LogP contribution in [0.4, 0.5) is 5.69 Å². The molecule has 1 aromatic rings. The average Bonchev–Trinajstić information content (AvgIpc) is 2.27. The van der Waals surface area contributed by atoms with Crippen LogP contribution >= 0.6 is 0 Å². The van der Waals surface area contributed by atoms with Crippen LogP contribution in [0.25, 0.3) is 0 Å². The van der Waals surface area contributed by atoms with Crippen LogP contribution in [0.15, 0.2) is 23.1 Å². The van der Waals surface area contributed by atoms with Crippen LogP contribution in [-0.2, 0) is 14.8 Å². The highest BCUT2D eigenvalue weighted by molar-refractivity contribution is 7.89. The van der Waals surface area contributed by atoms with Gasteiger partial charge in [-0.2, -0.15) is 0 Å². The van der Waals surface area contributed by atoms with Gasteiger partial charge in [-0.3, -0.25) is 0 Å². The number of nitrogen functional groups attached to an aromatic ring is 1. The zero-order valence-corrected chi connectivity index (χ0v) is 12.5. The Morgan fingerprint density at radius 2 is 2.05 bits per heavy atom. The third-order valence-corrected chi connectivity index (χ3v) is 4.21. The van der Waals surface area contributed by atoms with Gasteiger partial charge in [-0.15, -0.1) is 0 Å². The Balaban J connectivity index is 2.95. The Kier molecular flexibility index (Phi) is 5.78. The van der Waals surface area contributed by atoms with Gasteiger partial charge < -0.3 is 10.5 Å². The molecule has 6 heteroatoms. The van der Waals surface area contributed by atoms with Crippen molar-refractivity contribution in [3.63, 3.8) is 0 Å². The monoisotopic (exact) mass is 286 g/mol. The molecule has 1 unspecified atom stereocenters. The maximum absolute atomic E-state index is 12.3. The van der Waals surface area contributed by atoms with E-state index in [1.54, 1.807) is 19.2 Å². The minimum Gasteiger partial charge on any atom is -0.399 e. The van der Waals surface area contributed by atoms with Gasteiger partial charge in [-0.05, 0) is 37.1 Å². The predicted molar refractivity (Wildman–Crippen MR) is 76.5 cm³/mol. The molecule has 0 fully saturated rings. The van der Waals surface area contributed by atoms with E-state index >= 15 is 0 Å². The van der Waals surface area contributed by atoms with Crippen molar-refractivity contribution in [2.45, 2.75) is 37.6 Å². The van der Waals surface area contributed by atoms with Crippen molar-refractivity contribution < 1.29 is 13.2 Å². The van der Waals surface area contributed by atoms with Crippen LogP contribution in [0.5, 0.6) is 0 Å². The number of hydrogen-bond donors (Lipinski definition) is 2. The average molecular weight is 286 g/mol. The van der Waals surface area contributed by atoms with Crippen molar-refractivity contribution in [2.75, 3.05) is 19.5 Å². The maximum atomic E-state index is 12.3. The minimum atomic E-state index is -3.56. The number of hydrogen-bond acceptors (Lipinski definition) is 4. The molecule has 0 saturated heterocycles. The van der Waals surface area contributed by atoms with E-state index in [1.165, 1.54) is 6.07 Å². The largest absolute Gasteiger partial charge is 0.399 e. The number of nitrogens with two attached hydrogens (primary N) is 1. The topological polar surface area (TPSA) is 81.4 Å². The number of aryl methyl sites for hydroxylation is 1. The Labute approximate surface area is 115 Å². The summed E-state index contributed by atoms with van der Waals surface area (Å²) in [7, 11) is -2.00. The molecule has 0 aliphatic heterocycles. The quantitative estimate of drug-likeness (QED) is 0.747. The van der Waals surface area contributed by atoms with Gasteiger partial charge in [0, 0.05) is 18.8 Å². The van der Waals surface area contributed by atoms with E-state index in [4.69, 9.17) is 10.5 Å². The Bertz CT molecular complexity index is 488. The highest BCUT2D eigenvalue weighted by Gasteiger charge is 2.20. The van der Waals surface area contributed by atoms with Crippen molar-refractivity contribution in [3.05, 3.63) is 23.8 Å². The van der Waals surface area contributed by atoms with Crippen LogP contribution in [0, 0.1) is 6.92 Å². The summed E-state index contributed by atoms with van der Waals surface area (Å²) in [5.41, 5.74) is 6.95. The Hall–Kier alpha value is -1.11. The first-order chi connectivity index (χ1) is 8.89. The Morgan fingerprint density at radius 3 is 2.58 bits per heavy atom. The molecule has 108 valence electrons. The number of methoxy groups -OCH3 is 1. The molecule has 5 nitrogen and oxygen atoms in total. The van der Waals surface area contributed by atoms with E-state index < -0.39 is 10.0 Å². The van der Waals surface area contributed by atoms with E-state index in [0.29, 0.717) is 12.3 Å². The molecule has 1 atom stereocenters. The first-order valence-electron chi connectivity index (χ1n) is 6.27. The van der Waals surface area contributed by atoms with Crippen molar-refractivity contribution in [3.8, 4) is 0 Å². The second-order valence-corrected chi connectivity index (χ2v) is 6.36. The number of ether oxygens (including phenoxy) is 1. The molecule has 0 saturated carbocycles. The van der Waals surface area contributed by atoms with Crippen LogP contribution in [0.2, 0.25) is 0 Å². The minimum absolute atomic E-state index is 0.196. The van der Waals surface area contributed by atoms with Crippen molar-refractivity contribution in [2.24, 2.45) is 0 Å². The van der Waals surface area contributed by atoms with E-state index in [1.807, 2.05) is 13.8 Å². The normalized spacial score (nSPS) is 13.4. The Morgan fingerprint density at radius 1 is 1.37 bits per heavy atom. The van der Waals surface area contributed by atoms with Crippen LogP contribution < -0.4 is 10.5 Å².